The van der Waals surface area contributed by atoms with Crippen molar-refractivity contribution in [1.29, 1.82) is 0 Å². The summed E-state index contributed by atoms with van der Waals surface area (Å²) in [5, 5.41) is 4.28. The van der Waals surface area contributed by atoms with E-state index < -0.39 is 0 Å². The van der Waals surface area contributed by atoms with Crippen molar-refractivity contribution in [3.63, 3.8) is 0 Å². The van der Waals surface area contributed by atoms with Gasteiger partial charge in [0.05, 0.1) is 0 Å². The van der Waals surface area contributed by atoms with E-state index in [1.165, 1.54) is 6.07 Å². The number of hydrogen-bond acceptors (Lipinski definition) is 6. The van der Waals surface area contributed by atoms with Crippen molar-refractivity contribution >= 4 is 34.3 Å². The lowest BCUT2D eigenvalue weighted by Gasteiger charge is -2.29. The van der Waals surface area contributed by atoms with Gasteiger partial charge in [0.25, 0.3) is 5.56 Å². The molecule has 3 aromatic heterocycles. The van der Waals surface area contributed by atoms with Gasteiger partial charge in [-0.15, -0.1) is 0 Å². The van der Waals surface area contributed by atoms with E-state index in [0.717, 1.165) is 48.3 Å². The minimum absolute atomic E-state index is 0.199. The number of anilines is 2. The highest BCUT2D eigenvalue weighted by Gasteiger charge is 2.21. The quantitative estimate of drug-likeness (QED) is 0.228. The van der Waals surface area contributed by atoms with E-state index in [1.54, 1.807) is 23.0 Å². The number of halogens is 2. The summed E-state index contributed by atoms with van der Waals surface area (Å²) < 4.78 is 16.7. The zero-order valence-corrected chi connectivity index (χ0v) is 24.6. The first-order valence-electron chi connectivity index (χ1n) is 14.2. The maximum Gasteiger partial charge on any atom is 0.260 e. The number of fused-ring (bicyclic) bond motifs is 1. The number of benzene rings is 2. The Kier molecular flexibility index (Phi) is 7.75. The highest BCUT2D eigenvalue weighted by atomic mass is 35.5. The predicted octanol–water partition coefficient (Wildman–Crippen LogP) is 7.19. The lowest BCUT2D eigenvalue weighted by molar-refractivity contribution is 0.253. The average Bonchev–Trinajstić information content (AvgIpc) is 2.98. The summed E-state index contributed by atoms with van der Waals surface area (Å²) in [7, 11) is 2.10. The number of nitrogens with one attached hydrogen (secondary N) is 1. The van der Waals surface area contributed by atoms with Crippen molar-refractivity contribution in [3.8, 4) is 22.3 Å². The standard InChI is InChI=1S/C33H32ClFN6O/c1-4-41-31-23(16-28(32(41)42)27-9-7-22(17-29(27)34)25-6-5-13-36-20(25)2)19-37-33(39-31)38-24-8-10-26(30(35)18-24)21-11-14-40(3)15-12-21/h5-10,13,16-19,21H,4,11-12,14-15H2,1-3H3,(H,37,38,39). The molecule has 214 valence electrons. The van der Waals surface area contributed by atoms with Crippen LogP contribution in [-0.2, 0) is 6.54 Å². The summed E-state index contributed by atoms with van der Waals surface area (Å²) in [4.78, 5) is 29.4. The molecule has 1 N–H and O–H groups in total. The number of aryl methyl sites for hydroxylation is 2. The Morgan fingerprint density at radius 3 is 2.55 bits per heavy atom. The molecule has 6 rings (SSSR count). The Bertz CT molecular complexity index is 1850. The predicted molar refractivity (Wildman–Crippen MR) is 167 cm³/mol. The largest absolute Gasteiger partial charge is 0.324 e. The SMILES string of the molecule is CCn1c(=O)c(-c2ccc(-c3cccnc3C)cc2Cl)cc2cnc(Nc3ccc(C4CCN(C)CC4)c(F)c3)nc21. The van der Waals surface area contributed by atoms with Gasteiger partial charge in [0, 0.05) is 57.4 Å². The third-order valence-electron chi connectivity index (χ3n) is 8.14. The smallest absolute Gasteiger partial charge is 0.260 e. The number of piperidine rings is 1. The van der Waals surface area contributed by atoms with Crippen molar-refractivity contribution in [2.75, 3.05) is 25.5 Å². The molecular weight excluding hydrogens is 551 g/mol. The molecule has 0 bridgehead atoms. The molecule has 4 heterocycles. The van der Waals surface area contributed by atoms with E-state index in [9.17, 15) is 4.79 Å². The van der Waals surface area contributed by atoms with Crippen LogP contribution in [0, 0.1) is 12.7 Å². The van der Waals surface area contributed by atoms with Crippen molar-refractivity contribution in [2.45, 2.75) is 39.2 Å². The molecule has 1 saturated heterocycles. The van der Waals surface area contributed by atoms with Gasteiger partial charge >= 0.3 is 0 Å². The van der Waals surface area contributed by atoms with Gasteiger partial charge in [-0.3, -0.25) is 14.3 Å². The molecule has 42 heavy (non-hydrogen) atoms. The second-order valence-electron chi connectivity index (χ2n) is 10.8. The molecule has 9 heteroatoms. The molecule has 0 spiro atoms. The maximum atomic E-state index is 15.1. The van der Waals surface area contributed by atoms with E-state index in [4.69, 9.17) is 11.6 Å². The fourth-order valence-corrected chi connectivity index (χ4v) is 6.06. The summed E-state index contributed by atoms with van der Waals surface area (Å²) in [6.07, 6.45) is 5.32. The van der Waals surface area contributed by atoms with E-state index in [2.05, 4.69) is 32.2 Å². The van der Waals surface area contributed by atoms with Crippen LogP contribution in [0.5, 0.6) is 0 Å². The molecule has 1 aliphatic rings. The lowest BCUT2D eigenvalue weighted by Crippen LogP contribution is -2.29. The van der Waals surface area contributed by atoms with Crippen LogP contribution in [0.1, 0.15) is 36.9 Å². The van der Waals surface area contributed by atoms with E-state index in [1.807, 2.05) is 56.3 Å². The van der Waals surface area contributed by atoms with Crippen molar-refractivity contribution in [3.05, 3.63) is 99.4 Å². The molecule has 0 aliphatic carbocycles. The van der Waals surface area contributed by atoms with Gasteiger partial charge < -0.3 is 10.2 Å². The van der Waals surface area contributed by atoms with Crippen LogP contribution in [0.15, 0.2) is 71.8 Å². The van der Waals surface area contributed by atoms with Crippen LogP contribution >= 0.6 is 11.6 Å². The highest BCUT2D eigenvalue weighted by molar-refractivity contribution is 6.33. The molecule has 1 aliphatic heterocycles. The van der Waals surface area contributed by atoms with E-state index in [0.29, 0.717) is 39.4 Å². The first kappa shape index (κ1) is 28.0. The molecular formula is C33H32ClFN6O. The first-order chi connectivity index (χ1) is 20.3. The monoisotopic (exact) mass is 582 g/mol. The van der Waals surface area contributed by atoms with Gasteiger partial charge in [0.2, 0.25) is 5.95 Å². The fourth-order valence-electron chi connectivity index (χ4n) is 5.78. The topological polar surface area (TPSA) is 75.9 Å². The highest BCUT2D eigenvalue weighted by Crippen LogP contribution is 2.34. The number of rotatable bonds is 6. The minimum Gasteiger partial charge on any atom is -0.324 e. The van der Waals surface area contributed by atoms with Gasteiger partial charge in [-0.1, -0.05) is 35.9 Å². The summed E-state index contributed by atoms with van der Waals surface area (Å²) in [5.74, 6) is 0.286. The average molecular weight is 583 g/mol. The number of aromatic nitrogens is 4. The Morgan fingerprint density at radius 2 is 1.83 bits per heavy atom. The molecule has 5 aromatic rings. The molecule has 0 atom stereocenters. The fraction of sp³-hybridized carbons (Fsp3) is 0.273. The minimum atomic E-state index is -0.230. The number of pyridine rings is 2. The zero-order chi connectivity index (χ0) is 29.4. The van der Waals surface area contributed by atoms with Crippen molar-refractivity contribution < 1.29 is 4.39 Å². The van der Waals surface area contributed by atoms with Gasteiger partial charge in [-0.05, 0) is 94.2 Å². The molecule has 0 amide bonds. The van der Waals surface area contributed by atoms with Crippen molar-refractivity contribution in [1.82, 2.24) is 24.4 Å². The molecule has 0 unspecified atom stereocenters. The third-order valence-corrected chi connectivity index (χ3v) is 8.45. The zero-order valence-electron chi connectivity index (χ0n) is 23.9. The van der Waals surface area contributed by atoms with Crippen LogP contribution in [-0.4, -0.2) is 44.6 Å². The summed E-state index contributed by atoms with van der Waals surface area (Å²) in [5.41, 5.74) is 5.53. The lowest BCUT2D eigenvalue weighted by atomic mass is 9.89. The molecule has 0 radical (unpaired) electrons. The first-order valence-corrected chi connectivity index (χ1v) is 14.6. The van der Waals surface area contributed by atoms with Crippen LogP contribution in [0.25, 0.3) is 33.3 Å². The normalized spacial score (nSPS) is 14.4. The van der Waals surface area contributed by atoms with Gasteiger partial charge in [-0.25, -0.2) is 9.37 Å². The van der Waals surface area contributed by atoms with Crippen molar-refractivity contribution in [2.24, 2.45) is 0 Å². The van der Waals surface area contributed by atoms with Gasteiger partial charge in [0.15, 0.2) is 0 Å². The number of hydrogen-bond donors (Lipinski definition) is 1. The van der Waals surface area contributed by atoms with E-state index in [-0.39, 0.29) is 23.2 Å². The Balaban J connectivity index is 1.30. The molecule has 0 saturated carbocycles. The molecule has 2 aromatic carbocycles. The van der Waals surface area contributed by atoms with E-state index >= 15 is 4.39 Å². The van der Waals surface area contributed by atoms with Crippen LogP contribution < -0.4 is 10.9 Å². The maximum absolute atomic E-state index is 15.1. The molecule has 7 nitrogen and oxygen atoms in total. The van der Waals surface area contributed by atoms with Crippen LogP contribution in [0.4, 0.5) is 16.0 Å². The number of nitrogens with zero attached hydrogens (tertiary/aromatic N) is 5. The summed E-state index contributed by atoms with van der Waals surface area (Å²) in [6.45, 7) is 6.19. The van der Waals surface area contributed by atoms with Crippen LogP contribution in [0.3, 0.4) is 0 Å². The second-order valence-corrected chi connectivity index (χ2v) is 11.3. The Labute approximate surface area is 249 Å². The Hall–Kier alpha value is -4.14. The summed E-state index contributed by atoms with van der Waals surface area (Å²) >= 11 is 6.74. The Morgan fingerprint density at radius 1 is 1.02 bits per heavy atom. The van der Waals surface area contributed by atoms with Gasteiger partial charge in [-0.2, -0.15) is 4.98 Å². The summed E-state index contributed by atoms with van der Waals surface area (Å²) in [6, 6.07) is 16.6. The molecule has 1 fully saturated rings. The third kappa shape index (κ3) is 5.40. The number of likely N-dealkylation sites (tertiary alicyclic amines) is 1. The van der Waals surface area contributed by atoms with Crippen LogP contribution in [0.2, 0.25) is 5.02 Å². The van der Waals surface area contributed by atoms with Gasteiger partial charge in [0.1, 0.15) is 11.5 Å². The second kappa shape index (κ2) is 11.6.